The van der Waals surface area contributed by atoms with E-state index in [1.807, 2.05) is 29.8 Å². The fraction of sp³-hybridized carbons (Fsp3) is 0.562. The second-order valence-electron chi connectivity index (χ2n) is 5.33. The molecule has 0 aliphatic carbocycles. The molecule has 1 fully saturated rings. The van der Waals surface area contributed by atoms with Gasteiger partial charge in [-0.1, -0.05) is 11.8 Å². The first-order valence-electron chi connectivity index (χ1n) is 7.27. The molecule has 21 heavy (non-hydrogen) atoms. The van der Waals surface area contributed by atoms with E-state index < -0.39 is 0 Å². The molecule has 2 rings (SSSR count). The van der Waals surface area contributed by atoms with Crippen molar-refractivity contribution in [3.63, 3.8) is 0 Å². The summed E-state index contributed by atoms with van der Waals surface area (Å²) in [6.45, 7) is 1.05. The smallest absolute Gasteiger partial charge is 0.222 e. The van der Waals surface area contributed by atoms with Gasteiger partial charge in [-0.3, -0.25) is 4.79 Å². The van der Waals surface area contributed by atoms with E-state index in [-0.39, 0.29) is 5.91 Å². The van der Waals surface area contributed by atoms with Gasteiger partial charge in [0.25, 0.3) is 0 Å². The van der Waals surface area contributed by atoms with E-state index in [2.05, 4.69) is 17.2 Å². The zero-order chi connectivity index (χ0) is 15.1. The van der Waals surface area contributed by atoms with Crippen LogP contribution in [0.3, 0.4) is 0 Å². The molecular formula is C16H22N2OS2. The minimum atomic E-state index is 0.257. The molecule has 0 bridgehead atoms. The average Bonchev–Trinajstić information content (AvgIpc) is 2.93. The van der Waals surface area contributed by atoms with Gasteiger partial charge in [-0.05, 0) is 47.3 Å². The molecule has 2 N–H and O–H groups in total. The lowest BCUT2D eigenvalue weighted by Crippen LogP contribution is -2.28. The number of nitrogens with zero attached hydrogens (tertiary/aromatic N) is 1. The van der Waals surface area contributed by atoms with Gasteiger partial charge < -0.3 is 10.6 Å². The molecule has 1 aliphatic heterocycles. The normalized spacial score (nSPS) is 15.3. The number of thiophene rings is 1. The third-order valence-corrected chi connectivity index (χ3v) is 5.56. The third kappa shape index (κ3) is 5.39. The van der Waals surface area contributed by atoms with Gasteiger partial charge in [-0.25, -0.2) is 0 Å². The Morgan fingerprint density at radius 3 is 2.95 bits per heavy atom. The molecule has 2 heterocycles. The number of hydrogen-bond donors (Lipinski definition) is 1. The predicted octanol–water partition coefficient (Wildman–Crippen LogP) is 2.55. The van der Waals surface area contributed by atoms with Gasteiger partial charge in [0.15, 0.2) is 0 Å². The highest BCUT2D eigenvalue weighted by molar-refractivity contribution is 7.99. The van der Waals surface area contributed by atoms with Crippen LogP contribution in [-0.4, -0.2) is 35.9 Å². The van der Waals surface area contributed by atoms with Crippen molar-refractivity contribution < 1.29 is 4.79 Å². The second kappa shape index (κ2) is 8.47. The highest BCUT2D eigenvalue weighted by Gasteiger charge is 2.19. The molecule has 1 aromatic rings. The second-order valence-corrected chi connectivity index (χ2v) is 7.47. The lowest BCUT2D eigenvalue weighted by molar-refractivity contribution is -0.131. The van der Waals surface area contributed by atoms with Gasteiger partial charge in [0.05, 0.1) is 11.4 Å². The number of thioether (sulfide) groups is 1. The number of hydrogen-bond acceptors (Lipinski definition) is 4. The Bertz CT molecular complexity index is 524. The molecule has 0 aromatic carbocycles. The Morgan fingerprint density at radius 2 is 2.24 bits per heavy atom. The number of carbonyl (C=O) groups excluding carboxylic acids is 1. The van der Waals surface area contributed by atoms with E-state index in [9.17, 15) is 4.79 Å². The van der Waals surface area contributed by atoms with E-state index in [1.54, 1.807) is 11.3 Å². The van der Waals surface area contributed by atoms with Crippen molar-refractivity contribution in [1.29, 1.82) is 0 Å². The maximum absolute atomic E-state index is 12.3. The lowest BCUT2D eigenvalue weighted by atomic mass is 9.98. The molecule has 1 aliphatic rings. The molecular weight excluding hydrogens is 300 g/mol. The minimum Gasteiger partial charge on any atom is -0.341 e. The van der Waals surface area contributed by atoms with Crippen LogP contribution in [0.1, 0.15) is 29.7 Å². The van der Waals surface area contributed by atoms with Gasteiger partial charge >= 0.3 is 0 Å². The van der Waals surface area contributed by atoms with Gasteiger partial charge in [0, 0.05) is 20.0 Å². The number of carbonyl (C=O) groups is 1. The zero-order valence-electron chi connectivity index (χ0n) is 12.4. The Labute approximate surface area is 135 Å². The first-order chi connectivity index (χ1) is 10.2. The van der Waals surface area contributed by atoms with Gasteiger partial charge in [-0.15, -0.1) is 11.3 Å². The standard InChI is InChI=1S/C16H22N2OS2/c1-18(16(19)10-13-4-7-20-8-5-13)11-14-9-15(21-12-14)3-2-6-17/h9,12-13H,4-8,10-11,17H2,1H3. The van der Waals surface area contributed by atoms with Crippen LogP contribution in [-0.2, 0) is 11.3 Å². The summed E-state index contributed by atoms with van der Waals surface area (Å²) in [7, 11) is 1.89. The fourth-order valence-corrected chi connectivity index (χ4v) is 4.35. The molecule has 0 atom stereocenters. The third-order valence-electron chi connectivity index (χ3n) is 3.62. The molecule has 1 amide bonds. The van der Waals surface area contributed by atoms with E-state index in [1.165, 1.54) is 24.3 Å². The Kier molecular flexibility index (Phi) is 6.62. The van der Waals surface area contributed by atoms with Crippen LogP contribution in [0.5, 0.6) is 0 Å². The highest BCUT2D eigenvalue weighted by Crippen LogP contribution is 2.26. The minimum absolute atomic E-state index is 0.257. The van der Waals surface area contributed by atoms with Crippen molar-refractivity contribution >= 4 is 29.0 Å². The van der Waals surface area contributed by atoms with Gasteiger partial charge in [0.2, 0.25) is 5.91 Å². The monoisotopic (exact) mass is 322 g/mol. The lowest BCUT2D eigenvalue weighted by Gasteiger charge is -2.24. The van der Waals surface area contributed by atoms with Crippen LogP contribution in [0, 0.1) is 17.8 Å². The van der Waals surface area contributed by atoms with Crippen molar-refractivity contribution in [2.75, 3.05) is 25.1 Å². The van der Waals surface area contributed by atoms with Crippen LogP contribution >= 0.6 is 23.1 Å². The van der Waals surface area contributed by atoms with Crippen molar-refractivity contribution in [2.24, 2.45) is 11.7 Å². The summed E-state index contributed by atoms with van der Waals surface area (Å²) < 4.78 is 0. The van der Waals surface area contributed by atoms with Crippen molar-refractivity contribution in [3.8, 4) is 11.8 Å². The first kappa shape index (κ1) is 16.4. The Hall–Kier alpha value is -0.960. The highest BCUT2D eigenvalue weighted by atomic mass is 32.2. The zero-order valence-corrected chi connectivity index (χ0v) is 14.1. The Balaban J connectivity index is 1.83. The van der Waals surface area contributed by atoms with E-state index in [4.69, 9.17) is 5.73 Å². The molecule has 0 unspecified atom stereocenters. The molecule has 3 nitrogen and oxygen atoms in total. The van der Waals surface area contributed by atoms with Crippen molar-refractivity contribution in [3.05, 3.63) is 21.9 Å². The van der Waals surface area contributed by atoms with Gasteiger partial charge in [-0.2, -0.15) is 11.8 Å². The summed E-state index contributed by atoms with van der Waals surface area (Å²) in [5, 5.41) is 2.07. The molecule has 0 radical (unpaired) electrons. The molecule has 5 heteroatoms. The average molecular weight is 322 g/mol. The maximum Gasteiger partial charge on any atom is 0.222 e. The van der Waals surface area contributed by atoms with Crippen molar-refractivity contribution in [1.82, 2.24) is 4.90 Å². The number of rotatable bonds is 4. The topological polar surface area (TPSA) is 46.3 Å². The summed E-state index contributed by atoms with van der Waals surface area (Å²) in [6, 6.07) is 2.05. The van der Waals surface area contributed by atoms with E-state index in [0.717, 1.165) is 10.4 Å². The molecule has 1 aromatic heterocycles. The SMILES string of the molecule is CN(Cc1csc(C#CCN)c1)C(=O)CC1CCSCC1. The van der Waals surface area contributed by atoms with Crippen molar-refractivity contribution in [2.45, 2.75) is 25.8 Å². The summed E-state index contributed by atoms with van der Waals surface area (Å²) in [5.74, 6) is 9.13. The Morgan fingerprint density at radius 1 is 1.48 bits per heavy atom. The fourth-order valence-electron chi connectivity index (χ4n) is 2.38. The van der Waals surface area contributed by atoms with Crippen LogP contribution < -0.4 is 5.73 Å². The van der Waals surface area contributed by atoms with Crippen LogP contribution in [0.15, 0.2) is 11.4 Å². The van der Waals surface area contributed by atoms with Crippen LogP contribution in [0.2, 0.25) is 0 Å². The predicted molar refractivity (Wildman–Crippen MR) is 91.4 cm³/mol. The van der Waals surface area contributed by atoms with E-state index >= 15 is 0 Å². The summed E-state index contributed by atoms with van der Waals surface area (Å²) in [5.41, 5.74) is 6.52. The molecule has 1 saturated heterocycles. The molecule has 0 saturated carbocycles. The summed E-state index contributed by atoms with van der Waals surface area (Å²) in [4.78, 5) is 15.1. The quantitative estimate of drug-likeness (QED) is 0.867. The number of nitrogens with two attached hydrogens (primary N) is 1. The molecule has 0 spiro atoms. The van der Waals surface area contributed by atoms with Crippen LogP contribution in [0.25, 0.3) is 0 Å². The summed E-state index contributed by atoms with van der Waals surface area (Å²) in [6.07, 6.45) is 3.06. The largest absolute Gasteiger partial charge is 0.341 e. The van der Waals surface area contributed by atoms with E-state index in [0.29, 0.717) is 25.4 Å². The molecule has 114 valence electrons. The summed E-state index contributed by atoms with van der Waals surface area (Å²) >= 11 is 3.61. The first-order valence-corrected chi connectivity index (χ1v) is 9.30. The van der Waals surface area contributed by atoms with Gasteiger partial charge in [0.1, 0.15) is 0 Å². The number of amides is 1. The maximum atomic E-state index is 12.3. The van der Waals surface area contributed by atoms with Crippen LogP contribution in [0.4, 0.5) is 0 Å².